The van der Waals surface area contributed by atoms with Gasteiger partial charge in [-0.25, -0.2) is 4.39 Å². The highest BCUT2D eigenvalue weighted by molar-refractivity contribution is 6.32. The molecule has 0 saturated heterocycles. The first-order valence-electron chi connectivity index (χ1n) is 15.7. The van der Waals surface area contributed by atoms with Crippen LogP contribution in [-0.2, 0) is 36.6 Å². The van der Waals surface area contributed by atoms with E-state index < -0.39 is 5.67 Å². The molecule has 244 valence electrons. The van der Waals surface area contributed by atoms with E-state index in [0.717, 1.165) is 33.2 Å². The third-order valence-electron chi connectivity index (χ3n) is 7.98. The number of alkyl halides is 1. The quantitative estimate of drug-likeness (QED) is 0.0914. The van der Waals surface area contributed by atoms with Crippen molar-refractivity contribution in [3.05, 3.63) is 82.6 Å². The summed E-state index contributed by atoms with van der Waals surface area (Å²) in [5, 5.41) is 2.79. The first-order valence-corrected chi connectivity index (χ1v) is 16.1. The number of halogens is 2. The monoisotopic (exact) mass is 639 g/mol. The summed E-state index contributed by atoms with van der Waals surface area (Å²) in [6, 6.07) is 14.0. The number of methoxy groups -OCH3 is 1. The van der Waals surface area contributed by atoms with E-state index in [9.17, 15) is 9.59 Å². The van der Waals surface area contributed by atoms with Crippen LogP contribution in [0.25, 0.3) is 16.8 Å². The summed E-state index contributed by atoms with van der Waals surface area (Å²) in [5.41, 5.74) is 2.16. The number of carbonyl (C=O) groups excluding carboxylic acids is 2. The number of pyridine rings is 1. The predicted octanol–water partition coefficient (Wildman–Crippen LogP) is 8.33. The Morgan fingerprint density at radius 2 is 1.91 bits per heavy atom. The number of benzene rings is 2. The van der Waals surface area contributed by atoms with Crippen molar-refractivity contribution in [3.8, 4) is 0 Å². The molecule has 0 amide bonds. The molecule has 2 aromatic carbocycles. The fourth-order valence-electron chi connectivity index (χ4n) is 5.54. The first kappa shape index (κ1) is 36.3. The number of aryl methyl sites for hydroxylation is 3. The molecule has 0 saturated carbocycles. The van der Waals surface area contributed by atoms with Gasteiger partial charge in [-0.2, -0.15) is 0 Å². The summed E-state index contributed by atoms with van der Waals surface area (Å²) >= 11 is 6.46. The molecular formula is C37H47ClFNO5. The number of rotatable bonds is 20. The number of nitrogens with zero attached hydrogens (tertiary/aromatic N) is 1. The number of ketones is 1. The Morgan fingerprint density at radius 1 is 1.11 bits per heavy atom. The van der Waals surface area contributed by atoms with Crippen molar-refractivity contribution in [2.75, 3.05) is 33.5 Å². The second-order valence-corrected chi connectivity index (χ2v) is 12.6. The van der Waals surface area contributed by atoms with Crippen molar-refractivity contribution in [1.82, 2.24) is 4.98 Å². The highest BCUT2D eigenvalue weighted by Crippen LogP contribution is 2.29. The van der Waals surface area contributed by atoms with Gasteiger partial charge >= 0.3 is 5.97 Å². The third-order valence-corrected chi connectivity index (χ3v) is 8.44. The predicted molar refractivity (Wildman–Crippen MR) is 179 cm³/mol. The second kappa shape index (κ2) is 18.1. The van der Waals surface area contributed by atoms with Gasteiger partial charge in [-0.15, -0.1) is 0 Å². The second-order valence-electron chi connectivity index (χ2n) is 12.2. The highest BCUT2D eigenvalue weighted by Gasteiger charge is 2.31. The maximum absolute atomic E-state index is 15.5. The molecule has 3 rings (SSSR count). The fraction of sp³-hybridized carbons (Fsp3) is 0.486. The van der Waals surface area contributed by atoms with Crippen molar-refractivity contribution >= 4 is 40.2 Å². The lowest BCUT2D eigenvalue weighted by Gasteiger charge is -2.27. The standard InChI is InChI=1S/C37H47ClFNO5/c1-6-29-9-7-10-30(36(29)38)11-8-12-34(41)27(3)20-28(22-37(4,39)25-44-18-17-43-5)24-45-35(42)16-15-33-21-32-19-26(2)13-14-31(32)23-40-33/h6-7,9-10,13-14,19,21,23,27-28H,1,8,11-12,15-18,20,22,24-25H2,2-5H3/t27?,28-,37?/m0/s1. The van der Waals surface area contributed by atoms with Gasteiger partial charge in [0.15, 0.2) is 0 Å². The van der Waals surface area contributed by atoms with Crippen LogP contribution >= 0.6 is 11.6 Å². The average Bonchev–Trinajstić information content (AvgIpc) is 3.01. The molecule has 0 bridgehead atoms. The average molecular weight is 640 g/mol. The van der Waals surface area contributed by atoms with Gasteiger partial charge in [0, 0.05) is 43.1 Å². The Hall–Kier alpha value is -3.13. The van der Waals surface area contributed by atoms with Crippen LogP contribution in [0.3, 0.4) is 0 Å². The summed E-state index contributed by atoms with van der Waals surface area (Å²) in [6.07, 6.45) is 6.34. The van der Waals surface area contributed by atoms with Gasteiger partial charge in [-0.1, -0.05) is 73.1 Å². The van der Waals surface area contributed by atoms with Gasteiger partial charge < -0.3 is 14.2 Å². The minimum absolute atomic E-state index is 0.0301. The molecule has 1 heterocycles. The number of aromatic nitrogens is 1. The van der Waals surface area contributed by atoms with Gasteiger partial charge in [0.2, 0.25) is 0 Å². The van der Waals surface area contributed by atoms with E-state index >= 15 is 4.39 Å². The summed E-state index contributed by atoms with van der Waals surface area (Å²) in [7, 11) is 1.56. The Labute approximate surface area is 272 Å². The topological polar surface area (TPSA) is 74.7 Å². The summed E-state index contributed by atoms with van der Waals surface area (Å²) in [4.78, 5) is 30.3. The largest absolute Gasteiger partial charge is 0.465 e. The van der Waals surface area contributed by atoms with Gasteiger partial charge in [-0.3, -0.25) is 14.6 Å². The van der Waals surface area contributed by atoms with E-state index in [2.05, 4.69) is 17.6 Å². The Morgan fingerprint density at radius 3 is 2.67 bits per heavy atom. The van der Waals surface area contributed by atoms with Crippen molar-refractivity contribution in [3.63, 3.8) is 0 Å². The van der Waals surface area contributed by atoms with Crippen LogP contribution in [0.1, 0.15) is 68.3 Å². The minimum Gasteiger partial charge on any atom is -0.465 e. The van der Waals surface area contributed by atoms with E-state index in [4.69, 9.17) is 25.8 Å². The molecule has 0 N–H and O–H groups in total. The van der Waals surface area contributed by atoms with E-state index in [1.165, 1.54) is 6.92 Å². The van der Waals surface area contributed by atoms with Crippen LogP contribution in [0.5, 0.6) is 0 Å². The normalized spacial score (nSPS) is 14.1. The van der Waals surface area contributed by atoms with Crippen LogP contribution in [0.2, 0.25) is 5.02 Å². The zero-order valence-corrected chi connectivity index (χ0v) is 27.8. The molecule has 0 radical (unpaired) electrons. The Balaban J connectivity index is 1.56. The van der Waals surface area contributed by atoms with Crippen LogP contribution in [0.15, 0.2) is 55.2 Å². The van der Waals surface area contributed by atoms with Crippen molar-refractivity contribution < 1.29 is 28.2 Å². The van der Waals surface area contributed by atoms with Gasteiger partial charge in [0.25, 0.3) is 0 Å². The van der Waals surface area contributed by atoms with E-state index in [1.807, 2.05) is 56.4 Å². The van der Waals surface area contributed by atoms with Crippen molar-refractivity contribution in [2.24, 2.45) is 11.8 Å². The number of Topliss-reactive ketones (excluding diaryl/α,β-unsaturated/α-hetero) is 1. The smallest absolute Gasteiger partial charge is 0.306 e. The number of hydrogen-bond donors (Lipinski definition) is 0. The lowest BCUT2D eigenvalue weighted by atomic mass is 9.85. The van der Waals surface area contributed by atoms with Crippen LogP contribution in [0.4, 0.5) is 4.39 Å². The maximum Gasteiger partial charge on any atom is 0.306 e. The molecule has 0 spiro atoms. The van der Waals surface area contributed by atoms with Crippen molar-refractivity contribution in [2.45, 2.75) is 71.4 Å². The maximum atomic E-state index is 15.5. The molecule has 45 heavy (non-hydrogen) atoms. The molecule has 0 fully saturated rings. The lowest BCUT2D eigenvalue weighted by molar-refractivity contribution is -0.145. The van der Waals surface area contributed by atoms with Crippen LogP contribution < -0.4 is 0 Å². The Bertz CT molecular complexity index is 1430. The lowest BCUT2D eigenvalue weighted by Crippen LogP contribution is -2.32. The zero-order chi connectivity index (χ0) is 32.8. The molecule has 0 aliphatic heterocycles. The number of ether oxygens (including phenoxy) is 3. The number of fused-ring (bicyclic) bond motifs is 1. The molecule has 3 aromatic rings. The highest BCUT2D eigenvalue weighted by atomic mass is 35.5. The van der Waals surface area contributed by atoms with Crippen LogP contribution in [-0.4, -0.2) is 55.9 Å². The molecule has 1 aromatic heterocycles. The summed E-state index contributed by atoms with van der Waals surface area (Å²) in [5.74, 6) is -0.953. The number of hydrogen-bond acceptors (Lipinski definition) is 6. The van der Waals surface area contributed by atoms with Crippen molar-refractivity contribution in [1.29, 1.82) is 0 Å². The molecule has 6 nitrogen and oxygen atoms in total. The zero-order valence-electron chi connectivity index (χ0n) is 27.1. The van der Waals surface area contributed by atoms with E-state index in [1.54, 1.807) is 13.2 Å². The minimum atomic E-state index is -1.66. The number of esters is 1. The summed E-state index contributed by atoms with van der Waals surface area (Å²) < 4.78 is 31.6. The molecule has 2 unspecified atom stereocenters. The fourth-order valence-corrected chi connectivity index (χ4v) is 5.83. The third kappa shape index (κ3) is 12.3. The van der Waals surface area contributed by atoms with E-state index in [-0.39, 0.29) is 56.3 Å². The van der Waals surface area contributed by atoms with Gasteiger partial charge in [0.05, 0.1) is 37.9 Å². The van der Waals surface area contributed by atoms with Gasteiger partial charge in [0.1, 0.15) is 11.5 Å². The molecular weight excluding hydrogens is 593 g/mol. The molecule has 3 atom stereocenters. The van der Waals surface area contributed by atoms with Crippen LogP contribution in [0, 0.1) is 18.8 Å². The molecule has 0 aliphatic carbocycles. The molecule has 0 aliphatic rings. The SMILES string of the molecule is C=Cc1cccc(CCCC(=O)C(C)C[C@H](COC(=O)CCc2cc3cc(C)ccc3cn2)CC(C)(F)COCCOC)c1Cl. The first-order chi connectivity index (χ1) is 21.5. The van der Waals surface area contributed by atoms with E-state index in [0.29, 0.717) is 43.7 Å². The molecule has 8 heteroatoms. The Kier molecular flexibility index (Phi) is 14.6. The van der Waals surface area contributed by atoms with Gasteiger partial charge in [-0.05, 0) is 68.0 Å². The number of carbonyl (C=O) groups is 2. The summed E-state index contributed by atoms with van der Waals surface area (Å²) in [6.45, 7) is 9.75.